The van der Waals surface area contributed by atoms with Gasteiger partial charge in [-0.15, -0.1) is 0 Å². The van der Waals surface area contributed by atoms with Gasteiger partial charge in [0.05, 0.1) is 6.26 Å². The van der Waals surface area contributed by atoms with Gasteiger partial charge in [0.25, 0.3) is 0 Å². The van der Waals surface area contributed by atoms with Gasteiger partial charge >= 0.3 is 0 Å². The first-order chi connectivity index (χ1) is 9.81. The van der Waals surface area contributed by atoms with Gasteiger partial charge < -0.3 is 14.6 Å². The lowest BCUT2D eigenvalue weighted by molar-refractivity contribution is 0.512. The zero-order valence-corrected chi connectivity index (χ0v) is 11.8. The minimum Gasteiger partial charge on any atom is -0.469 e. The van der Waals surface area contributed by atoms with Crippen LogP contribution in [-0.4, -0.2) is 34.6 Å². The maximum Gasteiger partial charge on any atom is 0.231 e. The molecule has 106 valence electrons. The number of hydrogen-bond donors (Lipinski definition) is 1. The number of anilines is 2. The van der Waals surface area contributed by atoms with E-state index >= 15 is 0 Å². The van der Waals surface area contributed by atoms with Crippen LogP contribution in [-0.2, 0) is 6.42 Å². The summed E-state index contributed by atoms with van der Waals surface area (Å²) in [7, 11) is 0. The Morgan fingerprint density at radius 1 is 1.25 bits per heavy atom. The van der Waals surface area contributed by atoms with E-state index in [9.17, 15) is 0 Å². The van der Waals surface area contributed by atoms with Gasteiger partial charge in [-0.3, -0.25) is 0 Å². The second-order valence-electron chi connectivity index (χ2n) is 4.68. The lowest BCUT2D eigenvalue weighted by atomic mass is 10.3. The summed E-state index contributed by atoms with van der Waals surface area (Å²) in [6, 6.07) is 3.82. The molecule has 1 aliphatic rings. The zero-order valence-electron chi connectivity index (χ0n) is 11.0. The zero-order chi connectivity index (χ0) is 13.8. The quantitative estimate of drug-likeness (QED) is 0.913. The molecule has 3 heterocycles. The number of rotatable bonds is 5. The average Bonchev–Trinajstić information content (AvgIpc) is 3.11. The number of hydrogen-bond acceptors (Lipinski definition) is 6. The predicted octanol–water partition coefficient (Wildman–Crippen LogP) is 2.37. The summed E-state index contributed by atoms with van der Waals surface area (Å²) < 4.78 is 5.27. The Kier molecular flexibility index (Phi) is 4.01. The van der Waals surface area contributed by atoms with Crippen molar-refractivity contribution in [2.75, 3.05) is 29.9 Å². The minimum atomic E-state index is 0.224. The minimum absolute atomic E-state index is 0.224. The van der Waals surface area contributed by atoms with Gasteiger partial charge in [-0.2, -0.15) is 15.0 Å². The standard InChI is InChI=1S/C13H16ClN5O/c14-11-16-12(15-6-5-10-4-3-9-20-10)18-13(17-11)19-7-1-2-8-19/h3-4,9H,1-2,5-8H2,(H,15,16,17,18). The third kappa shape index (κ3) is 3.19. The molecule has 3 rings (SSSR count). The number of halogens is 1. The Hall–Kier alpha value is -1.82. The van der Waals surface area contributed by atoms with Gasteiger partial charge in [-0.25, -0.2) is 0 Å². The average molecular weight is 294 g/mol. The Balaban J connectivity index is 1.63. The lowest BCUT2D eigenvalue weighted by Gasteiger charge is -2.15. The largest absolute Gasteiger partial charge is 0.469 e. The van der Waals surface area contributed by atoms with E-state index in [1.807, 2.05) is 12.1 Å². The van der Waals surface area contributed by atoms with Gasteiger partial charge in [-0.05, 0) is 36.6 Å². The lowest BCUT2D eigenvalue weighted by Crippen LogP contribution is -2.21. The molecule has 2 aromatic heterocycles. The summed E-state index contributed by atoms with van der Waals surface area (Å²) >= 11 is 5.96. The third-order valence-electron chi connectivity index (χ3n) is 3.22. The molecule has 0 saturated carbocycles. The smallest absolute Gasteiger partial charge is 0.231 e. The summed E-state index contributed by atoms with van der Waals surface area (Å²) in [5.74, 6) is 2.10. The Morgan fingerprint density at radius 2 is 2.10 bits per heavy atom. The number of nitrogens with one attached hydrogen (secondary N) is 1. The van der Waals surface area contributed by atoms with Crippen molar-refractivity contribution in [2.24, 2.45) is 0 Å². The summed E-state index contributed by atoms with van der Waals surface area (Å²) in [5, 5.41) is 3.38. The van der Waals surface area contributed by atoms with E-state index in [0.717, 1.165) is 25.3 Å². The van der Waals surface area contributed by atoms with Gasteiger partial charge in [0.1, 0.15) is 5.76 Å². The molecular weight excluding hydrogens is 278 g/mol. The molecule has 0 amide bonds. The van der Waals surface area contributed by atoms with Crippen LogP contribution in [0.15, 0.2) is 22.8 Å². The van der Waals surface area contributed by atoms with Crippen molar-refractivity contribution < 1.29 is 4.42 Å². The van der Waals surface area contributed by atoms with Gasteiger partial charge in [-0.1, -0.05) is 0 Å². The maximum absolute atomic E-state index is 5.96. The topological polar surface area (TPSA) is 67.1 Å². The van der Waals surface area contributed by atoms with Crippen LogP contribution in [0.4, 0.5) is 11.9 Å². The fourth-order valence-corrected chi connectivity index (χ4v) is 2.39. The fourth-order valence-electron chi connectivity index (χ4n) is 2.23. The van der Waals surface area contributed by atoms with Crippen molar-refractivity contribution in [2.45, 2.75) is 19.3 Å². The molecule has 7 heteroatoms. The molecule has 0 unspecified atom stereocenters. The van der Waals surface area contributed by atoms with Crippen molar-refractivity contribution in [3.63, 3.8) is 0 Å². The molecular formula is C13H16ClN5O. The van der Waals surface area contributed by atoms with Crippen LogP contribution in [0.2, 0.25) is 5.28 Å². The van der Waals surface area contributed by atoms with Crippen LogP contribution in [0.25, 0.3) is 0 Å². The summed E-state index contributed by atoms with van der Waals surface area (Å²) in [4.78, 5) is 14.8. The molecule has 2 aromatic rings. The highest BCUT2D eigenvalue weighted by atomic mass is 35.5. The van der Waals surface area contributed by atoms with Crippen molar-refractivity contribution in [3.8, 4) is 0 Å². The number of nitrogens with zero attached hydrogens (tertiary/aromatic N) is 4. The van der Waals surface area contributed by atoms with E-state index in [2.05, 4.69) is 25.2 Å². The van der Waals surface area contributed by atoms with E-state index in [1.165, 1.54) is 12.8 Å². The van der Waals surface area contributed by atoms with Gasteiger partial charge in [0.2, 0.25) is 17.2 Å². The second-order valence-corrected chi connectivity index (χ2v) is 5.02. The predicted molar refractivity (Wildman–Crippen MR) is 77.2 cm³/mol. The van der Waals surface area contributed by atoms with Crippen LogP contribution in [0, 0.1) is 0 Å². The molecule has 20 heavy (non-hydrogen) atoms. The van der Waals surface area contributed by atoms with Crippen LogP contribution in [0.3, 0.4) is 0 Å². The Bertz CT molecular complexity index is 554. The highest BCUT2D eigenvalue weighted by Crippen LogP contribution is 2.18. The van der Waals surface area contributed by atoms with Gasteiger partial charge in [0, 0.05) is 26.1 Å². The van der Waals surface area contributed by atoms with E-state index < -0.39 is 0 Å². The normalized spacial score (nSPS) is 14.8. The number of furan rings is 1. The number of aromatic nitrogens is 3. The van der Waals surface area contributed by atoms with Crippen LogP contribution in [0.1, 0.15) is 18.6 Å². The molecule has 0 spiro atoms. The van der Waals surface area contributed by atoms with Crippen molar-refractivity contribution in [3.05, 3.63) is 29.4 Å². The summed E-state index contributed by atoms with van der Waals surface area (Å²) in [5.41, 5.74) is 0. The SMILES string of the molecule is Clc1nc(NCCc2ccco2)nc(N2CCCC2)n1. The first-order valence-electron chi connectivity index (χ1n) is 6.74. The molecule has 1 fully saturated rings. The highest BCUT2D eigenvalue weighted by molar-refractivity contribution is 6.28. The molecule has 0 aromatic carbocycles. The maximum atomic E-state index is 5.96. The second kappa shape index (κ2) is 6.09. The highest BCUT2D eigenvalue weighted by Gasteiger charge is 2.16. The van der Waals surface area contributed by atoms with Crippen molar-refractivity contribution in [1.29, 1.82) is 0 Å². The van der Waals surface area contributed by atoms with E-state index in [4.69, 9.17) is 16.0 Å². The molecule has 6 nitrogen and oxygen atoms in total. The van der Waals surface area contributed by atoms with E-state index in [1.54, 1.807) is 6.26 Å². The van der Waals surface area contributed by atoms with Gasteiger partial charge in [0.15, 0.2) is 0 Å². The van der Waals surface area contributed by atoms with Crippen LogP contribution in [0.5, 0.6) is 0 Å². The first-order valence-corrected chi connectivity index (χ1v) is 7.12. The molecule has 0 atom stereocenters. The Morgan fingerprint density at radius 3 is 2.85 bits per heavy atom. The van der Waals surface area contributed by atoms with Crippen LogP contribution >= 0.6 is 11.6 Å². The summed E-state index contributed by atoms with van der Waals surface area (Å²) in [6.45, 7) is 2.64. The molecule has 0 bridgehead atoms. The molecule has 0 aliphatic carbocycles. The molecule has 1 N–H and O–H groups in total. The van der Waals surface area contributed by atoms with Crippen LogP contribution < -0.4 is 10.2 Å². The molecule has 1 aliphatic heterocycles. The first kappa shape index (κ1) is 13.2. The fraction of sp³-hybridized carbons (Fsp3) is 0.462. The van der Waals surface area contributed by atoms with E-state index in [-0.39, 0.29) is 5.28 Å². The molecule has 0 radical (unpaired) electrons. The van der Waals surface area contributed by atoms with Crippen molar-refractivity contribution in [1.82, 2.24) is 15.0 Å². The monoisotopic (exact) mass is 293 g/mol. The van der Waals surface area contributed by atoms with E-state index in [0.29, 0.717) is 18.4 Å². The Labute approximate surface area is 122 Å². The van der Waals surface area contributed by atoms with Crippen molar-refractivity contribution >= 4 is 23.5 Å². The third-order valence-corrected chi connectivity index (χ3v) is 3.39. The molecule has 1 saturated heterocycles. The summed E-state index contributed by atoms with van der Waals surface area (Å²) in [6.07, 6.45) is 4.78.